The van der Waals surface area contributed by atoms with Gasteiger partial charge in [0.1, 0.15) is 5.82 Å². The highest BCUT2D eigenvalue weighted by molar-refractivity contribution is 7.71. The van der Waals surface area contributed by atoms with E-state index in [1.165, 1.54) is 0 Å². The zero-order valence-corrected chi connectivity index (χ0v) is 10.1. The molecule has 0 aliphatic carbocycles. The van der Waals surface area contributed by atoms with Gasteiger partial charge in [0.15, 0.2) is 4.77 Å². The summed E-state index contributed by atoms with van der Waals surface area (Å²) in [5.41, 5.74) is 6.49. The summed E-state index contributed by atoms with van der Waals surface area (Å²) in [5.74, 6) is 0.358. The number of benzene rings is 1. The summed E-state index contributed by atoms with van der Waals surface area (Å²) in [5, 5.41) is 6.85. The van der Waals surface area contributed by atoms with Crippen LogP contribution in [-0.2, 0) is 6.42 Å². The molecule has 1 heterocycles. The first-order valence-corrected chi connectivity index (χ1v) is 5.61. The number of primary amides is 1. The maximum atomic E-state index is 11.1. The van der Waals surface area contributed by atoms with Crippen LogP contribution in [0.5, 0.6) is 0 Å². The summed E-state index contributed by atoms with van der Waals surface area (Å²) >= 11 is 5.16. The minimum absolute atomic E-state index is 0.452. The largest absolute Gasteiger partial charge is 0.366 e. The van der Waals surface area contributed by atoms with Crippen molar-refractivity contribution in [2.24, 2.45) is 5.73 Å². The van der Waals surface area contributed by atoms with E-state index in [1.807, 2.05) is 13.0 Å². The third kappa shape index (κ3) is 2.12. The first-order chi connectivity index (χ1) is 8.13. The lowest BCUT2D eigenvalue weighted by molar-refractivity contribution is 0.100. The Morgan fingerprint density at radius 1 is 1.59 bits per heavy atom. The first-order valence-electron chi connectivity index (χ1n) is 5.20. The van der Waals surface area contributed by atoms with Crippen LogP contribution < -0.4 is 5.73 Å². The van der Waals surface area contributed by atoms with Gasteiger partial charge in [-0.25, -0.2) is 0 Å². The first kappa shape index (κ1) is 11.5. The summed E-state index contributed by atoms with van der Waals surface area (Å²) in [6.45, 7) is 1.99. The summed E-state index contributed by atoms with van der Waals surface area (Å²) in [7, 11) is 0. The molecule has 6 heteroatoms. The van der Waals surface area contributed by atoms with E-state index < -0.39 is 5.91 Å². The van der Waals surface area contributed by atoms with E-state index in [1.54, 1.807) is 22.8 Å². The predicted octanol–water partition coefficient (Wildman–Crippen LogP) is 1.59. The lowest BCUT2D eigenvalue weighted by Crippen LogP contribution is -2.11. The molecule has 0 aliphatic rings. The van der Waals surface area contributed by atoms with Crippen molar-refractivity contribution in [2.75, 3.05) is 0 Å². The monoisotopic (exact) mass is 248 g/mol. The molecule has 1 aromatic heterocycles. The molecule has 1 amide bonds. The van der Waals surface area contributed by atoms with Gasteiger partial charge in [-0.2, -0.15) is 5.10 Å². The molecule has 5 nitrogen and oxygen atoms in total. The molecule has 0 radical (unpaired) electrons. The van der Waals surface area contributed by atoms with Gasteiger partial charge in [-0.1, -0.05) is 13.0 Å². The fourth-order valence-electron chi connectivity index (χ4n) is 1.63. The number of amides is 1. The molecule has 88 valence electrons. The average Bonchev–Trinajstić information content (AvgIpc) is 2.70. The maximum Gasteiger partial charge on any atom is 0.248 e. The molecular formula is C11H12N4OS. The van der Waals surface area contributed by atoms with Crippen molar-refractivity contribution in [2.45, 2.75) is 13.3 Å². The summed E-state index contributed by atoms with van der Waals surface area (Å²) in [6, 6.07) is 6.99. The highest BCUT2D eigenvalue weighted by atomic mass is 32.1. The van der Waals surface area contributed by atoms with Crippen LogP contribution in [0.4, 0.5) is 0 Å². The molecule has 3 N–H and O–H groups in total. The van der Waals surface area contributed by atoms with Gasteiger partial charge in [0, 0.05) is 12.0 Å². The van der Waals surface area contributed by atoms with Gasteiger partial charge in [0.25, 0.3) is 0 Å². The average molecular weight is 248 g/mol. The van der Waals surface area contributed by atoms with Crippen LogP contribution in [0.15, 0.2) is 24.3 Å². The van der Waals surface area contributed by atoms with E-state index in [-0.39, 0.29) is 0 Å². The normalized spacial score (nSPS) is 10.4. The second-order valence-electron chi connectivity index (χ2n) is 3.55. The Kier molecular flexibility index (Phi) is 3.06. The molecule has 0 saturated heterocycles. The van der Waals surface area contributed by atoms with E-state index in [0.29, 0.717) is 10.3 Å². The molecule has 0 fully saturated rings. The minimum atomic E-state index is -0.458. The van der Waals surface area contributed by atoms with Gasteiger partial charge < -0.3 is 5.73 Å². The second-order valence-corrected chi connectivity index (χ2v) is 3.94. The standard InChI is InChI=1S/C11H12N4OS/c1-2-9-13-14-11(17)15(9)8-5-3-4-7(6-8)10(12)16/h3-6H,2H2,1H3,(H2,12,16)(H,14,17). The number of aromatic amines is 1. The lowest BCUT2D eigenvalue weighted by Gasteiger charge is -2.06. The number of hydrogen-bond donors (Lipinski definition) is 2. The predicted molar refractivity (Wildman–Crippen MR) is 66.6 cm³/mol. The van der Waals surface area contributed by atoms with Gasteiger partial charge in [0.05, 0.1) is 5.69 Å². The molecule has 0 unspecified atom stereocenters. The van der Waals surface area contributed by atoms with Crippen LogP contribution in [0, 0.1) is 4.77 Å². The Morgan fingerprint density at radius 3 is 3.00 bits per heavy atom. The number of nitrogens with one attached hydrogen (secondary N) is 1. The molecule has 17 heavy (non-hydrogen) atoms. The number of hydrogen-bond acceptors (Lipinski definition) is 3. The number of carbonyl (C=O) groups is 1. The molecular weight excluding hydrogens is 236 g/mol. The number of rotatable bonds is 3. The number of H-pyrrole nitrogens is 1. The maximum absolute atomic E-state index is 11.1. The van der Waals surface area contributed by atoms with Crippen LogP contribution in [0.3, 0.4) is 0 Å². The van der Waals surface area contributed by atoms with Gasteiger partial charge >= 0.3 is 0 Å². The Labute approximate surface area is 103 Å². The number of aromatic nitrogens is 3. The molecule has 1 aromatic carbocycles. The summed E-state index contributed by atoms with van der Waals surface area (Å²) in [6.07, 6.45) is 0.744. The lowest BCUT2D eigenvalue weighted by atomic mass is 10.2. The fraction of sp³-hybridized carbons (Fsp3) is 0.182. The van der Waals surface area contributed by atoms with Crippen LogP contribution in [-0.4, -0.2) is 20.7 Å². The molecule has 2 aromatic rings. The van der Waals surface area contributed by atoms with Crippen LogP contribution in [0.2, 0.25) is 0 Å². The summed E-state index contributed by atoms with van der Waals surface area (Å²) < 4.78 is 2.30. The van der Waals surface area contributed by atoms with Crippen molar-refractivity contribution in [3.8, 4) is 5.69 Å². The third-order valence-electron chi connectivity index (χ3n) is 2.45. The zero-order valence-electron chi connectivity index (χ0n) is 9.30. The van der Waals surface area contributed by atoms with Crippen molar-refractivity contribution in [3.63, 3.8) is 0 Å². The van der Waals surface area contributed by atoms with Crippen LogP contribution in [0.25, 0.3) is 5.69 Å². The van der Waals surface area contributed by atoms with E-state index in [9.17, 15) is 4.79 Å². The van der Waals surface area contributed by atoms with Crippen molar-refractivity contribution >= 4 is 18.1 Å². The molecule has 0 saturated carbocycles. The second kappa shape index (κ2) is 4.50. The van der Waals surface area contributed by atoms with Crippen LogP contribution in [0.1, 0.15) is 23.1 Å². The smallest absolute Gasteiger partial charge is 0.248 e. The SMILES string of the molecule is CCc1n[nH]c(=S)n1-c1cccc(C(N)=O)c1. The molecule has 0 spiro atoms. The molecule has 2 rings (SSSR count). The number of nitrogens with zero attached hydrogens (tertiary/aromatic N) is 2. The van der Waals surface area contributed by atoms with E-state index in [0.717, 1.165) is 17.9 Å². The molecule has 0 aliphatic heterocycles. The van der Waals surface area contributed by atoms with Crippen molar-refractivity contribution < 1.29 is 4.79 Å². The van der Waals surface area contributed by atoms with Crippen LogP contribution >= 0.6 is 12.2 Å². The highest BCUT2D eigenvalue weighted by Crippen LogP contribution is 2.13. The number of aryl methyl sites for hydroxylation is 1. The minimum Gasteiger partial charge on any atom is -0.366 e. The number of carbonyl (C=O) groups excluding carboxylic acids is 1. The van der Waals surface area contributed by atoms with Gasteiger partial charge in [-0.05, 0) is 30.4 Å². The van der Waals surface area contributed by atoms with E-state index >= 15 is 0 Å². The molecule has 0 atom stereocenters. The summed E-state index contributed by atoms with van der Waals surface area (Å²) in [4.78, 5) is 11.1. The fourth-order valence-corrected chi connectivity index (χ4v) is 1.89. The van der Waals surface area contributed by atoms with Crippen molar-refractivity contribution in [3.05, 3.63) is 40.4 Å². The Morgan fingerprint density at radius 2 is 2.35 bits per heavy atom. The molecule has 0 bridgehead atoms. The van der Waals surface area contributed by atoms with Gasteiger partial charge in [-0.3, -0.25) is 14.5 Å². The number of nitrogens with two attached hydrogens (primary N) is 1. The highest BCUT2D eigenvalue weighted by Gasteiger charge is 2.08. The topological polar surface area (TPSA) is 76.7 Å². The third-order valence-corrected chi connectivity index (χ3v) is 2.72. The van der Waals surface area contributed by atoms with Crippen molar-refractivity contribution in [1.29, 1.82) is 0 Å². The van der Waals surface area contributed by atoms with Crippen molar-refractivity contribution in [1.82, 2.24) is 14.8 Å². The van der Waals surface area contributed by atoms with Gasteiger partial charge in [0.2, 0.25) is 5.91 Å². The quantitative estimate of drug-likeness (QED) is 0.810. The Balaban J connectivity index is 2.60. The van der Waals surface area contributed by atoms with Gasteiger partial charge in [-0.15, -0.1) is 0 Å². The van der Waals surface area contributed by atoms with E-state index in [4.69, 9.17) is 18.0 Å². The van der Waals surface area contributed by atoms with E-state index in [2.05, 4.69) is 10.2 Å². The Bertz CT molecular complexity index is 614. The zero-order chi connectivity index (χ0) is 12.4. The Hall–Kier alpha value is -1.95.